The van der Waals surface area contributed by atoms with E-state index >= 15 is 0 Å². The summed E-state index contributed by atoms with van der Waals surface area (Å²) in [7, 11) is 3.72. The number of aliphatic imine (C=N–C) groups is 1. The number of hydrogen-bond acceptors (Lipinski definition) is 9. The predicted octanol–water partition coefficient (Wildman–Crippen LogP) is 7.44. The van der Waals surface area contributed by atoms with E-state index in [1.807, 2.05) is 39.0 Å². The standard InChI is InChI=1S/C28H34N2O3S.C8H18O3/c1-6-11-20-12-10-15-23(25-29-28(4,18-34-25)27(31)32-19(2)3)24(20)33-26(21-16-17-21)30(5)22-13-8-7-9-14-22;1-3-4-10-7-8-11-6-5-9-2/h7-10,12-15,19H,6,11,16-18H2,1-5H3;3-8H2,1-2H3. The molecule has 2 aromatic carbocycles. The molecule has 0 radical (unpaired) electrons. The van der Waals surface area contributed by atoms with E-state index in [1.165, 1.54) is 5.57 Å². The van der Waals surface area contributed by atoms with Gasteiger partial charge in [0.1, 0.15) is 10.8 Å². The van der Waals surface area contributed by atoms with Gasteiger partial charge in [-0.3, -0.25) is 4.99 Å². The Labute approximate surface area is 274 Å². The molecule has 2 aromatic rings. The van der Waals surface area contributed by atoms with Crippen molar-refractivity contribution in [1.82, 2.24) is 0 Å². The van der Waals surface area contributed by atoms with Crippen LogP contribution in [-0.4, -0.2) is 75.6 Å². The molecule has 1 aliphatic carbocycles. The summed E-state index contributed by atoms with van der Waals surface area (Å²) in [5.74, 6) is 2.01. The van der Waals surface area contributed by atoms with Crippen LogP contribution >= 0.6 is 11.8 Å². The van der Waals surface area contributed by atoms with Crippen LogP contribution < -0.4 is 9.64 Å². The Balaban J connectivity index is 0.000000430. The molecule has 0 N–H and O–H groups in total. The van der Waals surface area contributed by atoms with Gasteiger partial charge in [-0.25, -0.2) is 4.79 Å². The van der Waals surface area contributed by atoms with Crippen LogP contribution in [0.25, 0.3) is 0 Å². The largest absolute Gasteiger partial charge is 0.461 e. The molecule has 1 unspecified atom stereocenters. The molecule has 8 nitrogen and oxygen atoms in total. The summed E-state index contributed by atoms with van der Waals surface area (Å²) in [6.07, 6.45) is 4.92. The molecule has 45 heavy (non-hydrogen) atoms. The van der Waals surface area contributed by atoms with Crippen LogP contribution in [0, 0.1) is 0 Å². The molecule has 0 bridgehead atoms. The third-order valence-corrected chi connectivity index (χ3v) is 8.36. The Morgan fingerprint density at radius 2 is 1.64 bits per heavy atom. The topological polar surface area (TPSA) is 78.8 Å². The van der Waals surface area contributed by atoms with Gasteiger partial charge in [-0.15, -0.1) is 11.8 Å². The maximum Gasteiger partial charge on any atom is 0.334 e. The number of esters is 1. The zero-order valence-corrected chi connectivity index (χ0v) is 29.0. The van der Waals surface area contributed by atoms with Crippen molar-refractivity contribution in [2.24, 2.45) is 4.99 Å². The number of aryl methyl sites for hydroxylation is 1. The summed E-state index contributed by atoms with van der Waals surface area (Å²) < 4.78 is 27.4. The Bertz CT molecular complexity index is 1250. The van der Waals surface area contributed by atoms with Crippen molar-refractivity contribution in [1.29, 1.82) is 0 Å². The van der Waals surface area contributed by atoms with Gasteiger partial charge in [0.25, 0.3) is 0 Å². The van der Waals surface area contributed by atoms with Crippen molar-refractivity contribution in [3.8, 4) is 5.75 Å². The number of carbonyl (C=O) groups is 1. The fraction of sp³-hybridized carbons (Fsp3) is 0.556. The highest BCUT2D eigenvalue weighted by Gasteiger charge is 2.41. The lowest BCUT2D eigenvalue weighted by atomic mass is 10.0. The van der Waals surface area contributed by atoms with E-state index in [-0.39, 0.29) is 12.1 Å². The van der Waals surface area contributed by atoms with Crippen molar-refractivity contribution < 1.29 is 28.5 Å². The number of thioether (sulfide) groups is 1. The molecule has 1 heterocycles. The monoisotopic (exact) mass is 640 g/mol. The highest BCUT2D eigenvalue weighted by molar-refractivity contribution is 8.14. The maximum absolute atomic E-state index is 12.7. The predicted molar refractivity (Wildman–Crippen MR) is 185 cm³/mol. The van der Waals surface area contributed by atoms with E-state index < -0.39 is 5.54 Å². The van der Waals surface area contributed by atoms with E-state index in [4.69, 9.17) is 28.7 Å². The first-order valence-electron chi connectivity index (χ1n) is 16.1. The zero-order valence-electron chi connectivity index (χ0n) is 28.2. The van der Waals surface area contributed by atoms with Crippen LogP contribution in [0.2, 0.25) is 0 Å². The summed E-state index contributed by atoms with van der Waals surface area (Å²) in [6, 6.07) is 16.5. The number of anilines is 1. The molecule has 1 aliphatic heterocycles. The molecule has 1 atom stereocenters. The molecule has 0 amide bonds. The van der Waals surface area contributed by atoms with Crippen LogP contribution in [0.15, 0.2) is 65.0 Å². The quantitative estimate of drug-likeness (QED) is 0.100. The zero-order chi connectivity index (χ0) is 32.7. The molecule has 4 rings (SSSR count). The SMILES string of the molecule is CCCOCCOCCOC.CCCc1cccc(C2=NC(C)(C(=O)OC(C)C)CS2)c1OC(=C1CC1)N(C)c1ccccc1. The van der Waals surface area contributed by atoms with Gasteiger partial charge in [0.05, 0.1) is 32.5 Å². The second-order valence-electron chi connectivity index (χ2n) is 11.6. The fourth-order valence-electron chi connectivity index (χ4n) is 4.55. The van der Waals surface area contributed by atoms with Crippen molar-refractivity contribution in [3.63, 3.8) is 0 Å². The van der Waals surface area contributed by atoms with Gasteiger partial charge in [0.2, 0.25) is 0 Å². The van der Waals surface area contributed by atoms with Crippen LogP contribution in [0.5, 0.6) is 5.75 Å². The van der Waals surface area contributed by atoms with Crippen LogP contribution in [0.3, 0.4) is 0 Å². The third kappa shape index (κ3) is 11.5. The summed E-state index contributed by atoms with van der Waals surface area (Å²) in [4.78, 5) is 19.7. The average Bonchev–Trinajstić information content (AvgIpc) is 3.80. The molecule has 2 aliphatic rings. The Kier molecular flexibility index (Phi) is 15.4. The molecule has 9 heteroatoms. The highest BCUT2D eigenvalue weighted by Crippen LogP contribution is 2.41. The van der Waals surface area contributed by atoms with Crippen molar-refractivity contribution >= 4 is 28.5 Å². The molecule has 0 saturated heterocycles. The number of methoxy groups -OCH3 is 1. The van der Waals surface area contributed by atoms with Crippen molar-refractivity contribution in [3.05, 3.63) is 71.1 Å². The first kappa shape index (κ1) is 36.6. The molecule has 0 spiro atoms. The molecular formula is C36H52N2O6S. The molecule has 1 saturated carbocycles. The van der Waals surface area contributed by atoms with Crippen LogP contribution in [0.4, 0.5) is 5.69 Å². The van der Waals surface area contributed by atoms with E-state index in [0.29, 0.717) is 32.2 Å². The van der Waals surface area contributed by atoms with Crippen LogP contribution in [0.1, 0.15) is 71.4 Å². The minimum absolute atomic E-state index is 0.165. The van der Waals surface area contributed by atoms with E-state index in [2.05, 4.69) is 56.1 Å². The Morgan fingerprint density at radius 3 is 2.27 bits per heavy atom. The lowest BCUT2D eigenvalue weighted by Gasteiger charge is -2.25. The van der Waals surface area contributed by atoms with Crippen molar-refractivity contribution in [2.75, 3.05) is 57.8 Å². The normalized spacial score (nSPS) is 17.0. The minimum Gasteiger partial charge on any atom is -0.461 e. The molecule has 0 aromatic heterocycles. The van der Waals surface area contributed by atoms with Crippen molar-refractivity contribution in [2.45, 2.75) is 78.4 Å². The van der Waals surface area contributed by atoms with E-state index in [1.54, 1.807) is 18.9 Å². The van der Waals surface area contributed by atoms with Gasteiger partial charge in [-0.2, -0.15) is 0 Å². The summed E-state index contributed by atoms with van der Waals surface area (Å²) in [5, 5.41) is 0.832. The summed E-state index contributed by atoms with van der Waals surface area (Å²) >= 11 is 1.59. The number of allylic oxidation sites excluding steroid dienone is 1. The van der Waals surface area contributed by atoms with Gasteiger partial charge < -0.3 is 28.6 Å². The number of benzene rings is 2. The number of rotatable bonds is 17. The van der Waals surface area contributed by atoms with Gasteiger partial charge >= 0.3 is 5.97 Å². The number of carbonyl (C=O) groups excluding carboxylic acids is 1. The average molecular weight is 641 g/mol. The number of nitrogens with zero attached hydrogens (tertiary/aromatic N) is 2. The number of para-hydroxylation sites is 2. The van der Waals surface area contributed by atoms with E-state index in [9.17, 15) is 4.79 Å². The lowest BCUT2D eigenvalue weighted by Crippen LogP contribution is -2.37. The summed E-state index contributed by atoms with van der Waals surface area (Å²) in [5.41, 5.74) is 3.61. The smallest absolute Gasteiger partial charge is 0.334 e. The number of ether oxygens (including phenoxy) is 5. The first-order valence-corrected chi connectivity index (χ1v) is 17.1. The first-order chi connectivity index (χ1) is 21.7. The molecule has 1 fully saturated rings. The van der Waals surface area contributed by atoms with Gasteiger partial charge in [0.15, 0.2) is 11.4 Å². The Morgan fingerprint density at radius 1 is 0.956 bits per heavy atom. The number of hydrogen-bond donors (Lipinski definition) is 0. The van der Waals surface area contributed by atoms with Gasteiger partial charge in [-0.1, -0.05) is 50.6 Å². The third-order valence-electron chi connectivity index (χ3n) is 7.07. The summed E-state index contributed by atoms with van der Waals surface area (Å²) in [6.45, 7) is 13.4. The minimum atomic E-state index is -0.888. The maximum atomic E-state index is 12.7. The molecular weight excluding hydrogens is 588 g/mol. The van der Waals surface area contributed by atoms with Gasteiger partial charge in [0, 0.05) is 37.8 Å². The van der Waals surface area contributed by atoms with Gasteiger partial charge in [-0.05, 0) is 75.8 Å². The van der Waals surface area contributed by atoms with E-state index in [0.717, 1.165) is 72.2 Å². The fourth-order valence-corrected chi connectivity index (χ4v) is 5.73. The second kappa shape index (κ2) is 19.0. The second-order valence-corrected chi connectivity index (χ2v) is 12.6. The Hall–Kier alpha value is -2.85. The van der Waals surface area contributed by atoms with Crippen LogP contribution in [-0.2, 0) is 30.2 Å². The molecule has 248 valence electrons. The lowest BCUT2D eigenvalue weighted by molar-refractivity contribution is -0.152. The highest BCUT2D eigenvalue weighted by atomic mass is 32.2.